The van der Waals surface area contributed by atoms with E-state index in [1.54, 1.807) is 36.4 Å². The summed E-state index contributed by atoms with van der Waals surface area (Å²) in [6.45, 7) is 2.55. The van der Waals surface area contributed by atoms with E-state index in [0.717, 1.165) is 18.4 Å². The van der Waals surface area contributed by atoms with Crippen LogP contribution in [-0.2, 0) is 19.9 Å². The van der Waals surface area contributed by atoms with Crippen LogP contribution in [0.2, 0.25) is 10.0 Å². The van der Waals surface area contributed by atoms with Crippen LogP contribution in [0.4, 0.5) is 11.4 Å². The van der Waals surface area contributed by atoms with Crippen molar-refractivity contribution in [1.82, 2.24) is 4.90 Å². The molecule has 3 fully saturated rings. The first-order chi connectivity index (χ1) is 14.9. The molecule has 0 radical (unpaired) electrons. The monoisotopic (exact) mass is 455 g/mol. The van der Waals surface area contributed by atoms with Gasteiger partial charge in [0, 0.05) is 27.3 Å². The second kappa shape index (κ2) is 6.31. The van der Waals surface area contributed by atoms with Crippen molar-refractivity contribution < 1.29 is 14.4 Å². The highest BCUT2D eigenvalue weighted by Gasteiger charge is 2.74. The molecule has 1 spiro atoms. The molecular weight excluding hydrogens is 437 g/mol. The minimum absolute atomic E-state index is 0.165. The summed E-state index contributed by atoms with van der Waals surface area (Å²) in [6.07, 6.45) is 1.64. The molecule has 4 aliphatic rings. The van der Waals surface area contributed by atoms with Crippen LogP contribution < -0.4 is 10.2 Å². The summed E-state index contributed by atoms with van der Waals surface area (Å²) >= 11 is 12.5. The Hall–Kier alpha value is -2.41. The molecule has 3 amide bonds. The Morgan fingerprint density at radius 2 is 1.87 bits per heavy atom. The van der Waals surface area contributed by atoms with E-state index in [1.807, 2.05) is 6.92 Å². The Morgan fingerprint density at radius 3 is 2.65 bits per heavy atom. The van der Waals surface area contributed by atoms with Gasteiger partial charge >= 0.3 is 0 Å². The molecule has 0 aliphatic carbocycles. The summed E-state index contributed by atoms with van der Waals surface area (Å²) in [5.41, 5.74) is 1.46. The SMILES string of the molecule is Cc1cc(Cl)cc2c1NC(=O)[C@@]21[C@@H]2C(=O)N(c3cccc(Cl)c3)C(=O)[C@@H]2[C@@H]2CCCN21. The molecule has 3 saturated heterocycles. The second-order valence-electron chi connectivity index (χ2n) is 8.76. The number of fused-ring (bicyclic) bond motifs is 7. The molecule has 4 atom stereocenters. The Kier molecular flexibility index (Phi) is 3.93. The van der Waals surface area contributed by atoms with E-state index in [1.165, 1.54) is 4.90 Å². The summed E-state index contributed by atoms with van der Waals surface area (Å²) < 4.78 is 0. The van der Waals surface area contributed by atoms with Crippen molar-refractivity contribution in [2.24, 2.45) is 11.8 Å². The summed E-state index contributed by atoms with van der Waals surface area (Å²) in [7, 11) is 0. The molecule has 2 aromatic rings. The van der Waals surface area contributed by atoms with E-state index >= 15 is 0 Å². The number of nitrogens with one attached hydrogen (secondary N) is 1. The first-order valence-corrected chi connectivity index (χ1v) is 11.1. The van der Waals surface area contributed by atoms with Crippen LogP contribution in [0.15, 0.2) is 36.4 Å². The lowest BCUT2D eigenvalue weighted by Gasteiger charge is -2.36. The fourth-order valence-electron chi connectivity index (χ4n) is 6.31. The average molecular weight is 456 g/mol. The van der Waals surface area contributed by atoms with Crippen LogP contribution in [0.3, 0.4) is 0 Å². The van der Waals surface area contributed by atoms with Crippen molar-refractivity contribution in [3.63, 3.8) is 0 Å². The first kappa shape index (κ1) is 19.3. The van der Waals surface area contributed by atoms with Gasteiger partial charge in [-0.25, -0.2) is 4.90 Å². The van der Waals surface area contributed by atoms with Crippen molar-refractivity contribution in [3.05, 3.63) is 57.6 Å². The lowest BCUT2D eigenvalue weighted by atomic mass is 9.75. The van der Waals surface area contributed by atoms with Crippen LogP contribution in [0, 0.1) is 18.8 Å². The van der Waals surface area contributed by atoms with Crippen LogP contribution in [0.1, 0.15) is 24.0 Å². The van der Waals surface area contributed by atoms with E-state index < -0.39 is 17.4 Å². The van der Waals surface area contributed by atoms with E-state index in [-0.39, 0.29) is 23.8 Å². The van der Waals surface area contributed by atoms with Gasteiger partial charge in [-0.15, -0.1) is 0 Å². The maximum absolute atomic E-state index is 13.8. The molecule has 4 aliphatic heterocycles. The van der Waals surface area contributed by atoms with E-state index in [0.29, 0.717) is 33.5 Å². The van der Waals surface area contributed by atoms with Crippen molar-refractivity contribution in [1.29, 1.82) is 0 Å². The number of carbonyl (C=O) groups excluding carboxylic acids is 3. The van der Waals surface area contributed by atoms with Gasteiger partial charge in [-0.05, 0) is 62.2 Å². The van der Waals surface area contributed by atoms with E-state index in [4.69, 9.17) is 23.2 Å². The number of carbonyl (C=O) groups is 3. The largest absolute Gasteiger partial charge is 0.324 e. The Morgan fingerprint density at radius 1 is 1.06 bits per heavy atom. The number of halogens is 2. The number of amides is 3. The highest BCUT2D eigenvalue weighted by molar-refractivity contribution is 6.32. The smallest absolute Gasteiger partial charge is 0.250 e. The zero-order valence-corrected chi connectivity index (χ0v) is 18.2. The van der Waals surface area contributed by atoms with E-state index in [9.17, 15) is 14.4 Å². The zero-order valence-electron chi connectivity index (χ0n) is 16.7. The molecule has 6 nitrogen and oxygen atoms in total. The molecule has 0 saturated carbocycles. The average Bonchev–Trinajstić information content (AvgIpc) is 3.41. The predicted molar refractivity (Wildman–Crippen MR) is 117 cm³/mol. The highest BCUT2D eigenvalue weighted by atomic mass is 35.5. The summed E-state index contributed by atoms with van der Waals surface area (Å²) in [4.78, 5) is 44.4. The minimum Gasteiger partial charge on any atom is -0.324 e. The predicted octanol–water partition coefficient (Wildman–Crippen LogP) is 3.73. The Bertz CT molecular complexity index is 1200. The standard InChI is InChI=1S/C23H19Cl2N3O3/c1-11-8-13(25)10-15-19(11)26-22(31)23(15)18-17(16-6-3-7-27(16)23)20(29)28(21(18)30)14-5-2-4-12(24)9-14/h2,4-5,8-10,16-18H,3,6-7H2,1H3,(H,26,31)/t16-,17+,18-,23-/m0/s1. The van der Waals surface area contributed by atoms with Crippen molar-refractivity contribution >= 4 is 52.3 Å². The molecule has 0 aromatic heterocycles. The molecule has 8 heteroatoms. The van der Waals surface area contributed by atoms with Gasteiger partial charge in [0.1, 0.15) is 5.54 Å². The Balaban J connectivity index is 1.58. The van der Waals surface area contributed by atoms with Gasteiger partial charge in [0.25, 0.3) is 0 Å². The molecule has 0 unspecified atom stereocenters. The normalized spacial score (nSPS) is 31.4. The third kappa shape index (κ3) is 2.25. The maximum atomic E-state index is 13.8. The number of nitrogens with zero attached hydrogens (tertiary/aromatic N) is 2. The number of aryl methyl sites for hydroxylation is 1. The van der Waals surface area contributed by atoms with Gasteiger partial charge in [-0.1, -0.05) is 29.3 Å². The Labute approximate surface area is 189 Å². The van der Waals surface area contributed by atoms with Gasteiger partial charge in [0.05, 0.1) is 17.5 Å². The molecule has 6 rings (SSSR count). The minimum atomic E-state index is -1.23. The quantitative estimate of drug-likeness (QED) is 0.665. The first-order valence-electron chi connectivity index (χ1n) is 10.4. The van der Waals surface area contributed by atoms with Crippen LogP contribution >= 0.6 is 23.2 Å². The molecule has 0 bridgehead atoms. The van der Waals surface area contributed by atoms with Crippen molar-refractivity contribution in [2.45, 2.75) is 31.3 Å². The number of rotatable bonds is 1. The summed E-state index contributed by atoms with van der Waals surface area (Å²) in [6, 6.07) is 10.1. The molecule has 4 heterocycles. The highest BCUT2D eigenvalue weighted by Crippen LogP contribution is 2.61. The second-order valence-corrected chi connectivity index (χ2v) is 9.64. The van der Waals surface area contributed by atoms with Gasteiger partial charge in [0.2, 0.25) is 17.7 Å². The zero-order chi connectivity index (χ0) is 21.7. The lowest BCUT2D eigenvalue weighted by molar-refractivity contribution is -0.135. The number of imide groups is 1. The molecule has 1 N–H and O–H groups in total. The van der Waals surface area contributed by atoms with E-state index in [2.05, 4.69) is 10.2 Å². The molecule has 2 aromatic carbocycles. The number of anilines is 2. The maximum Gasteiger partial charge on any atom is 0.250 e. The molecule has 158 valence electrons. The topological polar surface area (TPSA) is 69.7 Å². The molecule has 31 heavy (non-hydrogen) atoms. The van der Waals surface area contributed by atoms with Gasteiger partial charge in [-0.2, -0.15) is 0 Å². The number of benzene rings is 2. The summed E-state index contributed by atoms with van der Waals surface area (Å²) in [5, 5.41) is 3.96. The van der Waals surface area contributed by atoms with Crippen LogP contribution in [0.25, 0.3) is 0 Å². The van der Waals surface area contributed by atoms with Gasteiger partial charge in [0.15, 0.2) is 0 Å². The van der Waals surface area contributed by atoms with Crippen LogP contribution in [0.5, 0.6) is 0 Å². The summed E-state index contributed by atoms with van der Waals surface area (Å²) in [5.74, 6) is -2.24. The third-order valence-electron chi connectivity index (χ3n) is 7.33. The van der Waals surface area contributed by atoms with Crippen LogP contribution in [-0.4, -0.2) is 35.2 Å². The van der Waals surface area contributed by atoms with Crippen molar-refractivity contribution in [2.75, 3.05) is 16.8 Å². The number of hydrogen-bond donors (Lipinski definition) is 1. The van der Waals surface area contributed by atoms with Gasteiger partial charge < -0.3 is 5.32 Å². The third-order valence-corrected chi connectivity index (χ3v) is 7.78. The number of hydrogen-bond acceptors (Lipinski definition) is 4. The lowest BCUT2D eigenvalue weighted by Crippen LogP contribution is -2.54. The van der Waals surface area contributed by atoms with Gasteiger partial charge in [-0.3, -0.25) is 19.3 Å². The van der Waals surface area contributed by atoms with Crippen molar-refractivity contribution in [3.8, 4) is 0 Å². The molecular formula is C23H19Cl2N3O3. The fourth-order valence-corrected chi connectivity index (χ4v) is 6.76. The fraction of sp³-hybridized carbons (Fsp3) is 0.348.